The zero-order valence-corrected chi connectivity index (χ0v) is 15.2. The molecule has 0 aliphatic rings. The largest absolute Gasteiger partial charge is 0.320 e. The number of amides is 1. The van der Waals surface area contributed by atoms with Gasteiger partial charge < -0.3 is 5.32 Å². The van der Waals surface area contributed by atoms with Crippen molar-refractivity contribution < 1.29 is 19.1 Å². The van der Waals surface area contributed by atoms with E-state index in [1.54, 1.807) is 72.4 Å². The highest BCUT2D eigenvalue weighted by molar-refractivity contribution is 6.08. The molecule has 28 heavy (non-hydrogen) atoms. The van der Waals surface area contributed by atoms with Crippen molar-refractivity contribution in [3.05, 3.63) is 99.9 Å². The van der Waals surface area contributed by atoms with Gasteiger partial charge in [0.2, 0.25) is 6.54 Å². The lowest BCUT2D eigenvalue weighted by atomic mass is 10.0. The lowest BCUT2D eigenvalue weighted by Crippen LogP contribution is -2.39. The van der Waals surface area contributed by atoms with Crippen LogP contribution in [0.2, 0.25) is 0 Å². The first-order chi connectivity index (χ1) is 13.4. The molecule has 0 unspecified atom stereocenters. The van der Waals surface area contributed by atoms with Crippen LogP contribution in [-0.4, -0.2) is 16.6 Å². The second kappa shape index (κ2) is 8.22. The van der Waals surface area contributed by atoms with E-state index in [4.69, 9.17) is 0 Å². The number of nitro benzene ring substituents is 1. The Balaban J connectivity index is 1.66. The average Bonchev–Trinajstić information content (AvgIpc) is 2.70. The molecule has 0 saturated carbocycles. The summed E-state index contributed by atoms with van der Waals surface area (Å²) in [6.07, 6.45) is 3.29. The molecule has 0 aliphatic carbocycles. The summed E-state index contributed by atoms with van der Waals surface area (Å²) in [4.78, 5) is 35.1. The number of carbonyl (C=O) groups is 2. The van der Waals surface area contributed by atoms with Gasteiger partial charge >= 0.3 is 0 Å². The number of hydrogen-bond donors (Lipinski definition) is 1. The number of ketones is 1. The summed E-state index contributed by atoms with van der Waals surface area (Å²) in [5.41, 5.74) is 1.96. The Hall–Kier alpha value is -3.87. The number of aryl methyl sites for hydroxylation is 1. The lowest BCUT2D eigenvalue weighted by Gasteiger charge is -2.05. The Morgan fingerprint density at radius 2 is 1.64 bits per heavy atom. The summed E-state index contributed by atoms with van der Waals surface area (Å²) in [6.45, 7) is 1.65. The van der Waals surface area contributed by atoms with Gasteiger partial charge in [-0.3, -0.25) is 19.7 Å². The number of carbonyl (C=O) groups excluding carboxylic acids is 2. The highest BCUT2D eigenvalue weighted by Gasteiger charge is 2.15. The van der Waals surface area contributed by atoms with Crippen LogP contribution in [0.25, 0.3) is 0 Å². The molecule has 0 bridgehead atoms. The van der Waals surface area contributed by atoms with Crippen LogP contribution in [0.4, 0.5) is 11.4 Å². The van der Waals surface area contributed by atoms with Crippen molar-refractivity contribution in [1.82, 2.24) is 0 Å². The fourth-order valence-corrected chi connectivity index (χ4v) is 2.72. The molecule has 1 N–H and O–H groups in total. The molecule has 0 atom stereocenters. The first-order valence-corrected chi connectivity index (χ1v) is 8.58. The Kier molecular flexibility index (Phi) is 5.55. The monoisotopic (exact) mass is 376 g/mol. The van der Waals surface area contributed by atoms with Crippen molar-refractivity contribution in [2.45, 2.75) is 13.5 Å². The summed E-state index contributed by atoms with van der Waals surface area (Å²) in [6, 6.07) is 16.8. The van der Waals surface area contributed by atoms with Crippen LogP contribution in [0.1, 0.15) is 21.5 Å². The summed E-state index contributed by atoms with van der Waals surface area (Å²) in [5, 5.41) is 13.6. The van der Waals surface area contributed by atoms with Crippen LogP contribution < -0.4 is 9.88 Å². The van der Waals surface area contributed by atoms with Gasteiger partial charge in [-0.25, -0.2) is 0 Å². The zero-order chi connectivity index (χ0) is 20.1. The van der Waals surface area contributed by atoms with Crippen LogP contribution in [0.5, 0.6) is 0 Å². The zero-order valence-electron chi connectivity index (χ0n) is 15.2. The third-order valence-electron chi connectivity index (χ3n) is 4.21. The van der Waals surface area contributed by atoms with E-state index in [-0.39, 0.29) is 23.9 Å². The molecule has 140 valence electrons. The van der Waals surface area contributed by atoms with Gasteiger partial charge in [0.05, 0.1) is 4.92 Å². The second-order valence-electron chi connectivity index (χ2n) is 6.26. The Morgan fingerprint density at radius 1 is 1.00 bits per heavy atom. The fourth-order valence-electron chi connectivity index (χ4n) is 2.72. The minimum Gasteiger partial charge on any atom is -0.320 e. The molecule has 0 spiro atoms. The number of nitro groups is 1. The maximum atomic E-state index is 12.4. The molecule has 1 amide bonds. The molecule has 3 rings (SSSR count). The summed E-state index contributed by atoms with van der Waals surface area (Å²) in [7, 11) is 0. The molecular formula is C21H18N3O4+. The first-order valence-electron chi connectivity index (χ1n) is 8.58. The molecule has 7 heteroatoms. The number of benzene rings is 2. The molecule has 0 fully saturated rings. The third kappa shape index (κ3) is 4.45. The summed E-state index contributed by atoms with van der Waals surface area (Å²) >= 11 is 0. The van der Waals surface area contributed by atoms with E-state index in [1.807, 2.05) is 6.07 Å². The molecule has 0 radical (unpaired) electrons. The SMILES string of the molecule is Cc1ccc(NC(=O)C[n+]2ccc(C(=O)c3ccccc3)cc2)cc1[N+](=O)[O-]. The van der Waals surface area contributed by atoms with E-state index in [9.17, 15) is 19.7 Å². The predicted octanol–water partition coefficient (Wildman–Crippen LogP) is 3.06. The van der Waals surface area contributed by atoms with E-state index in [0.29, 0.717) is 22.4 Å². The highest BCUT2D eigenvalue weighted by Crippen LogP contribution is 2.22. The van der Waals surface area contributed by atoms with Gasteiger partial charge in [0, 0.05) is 40.6 Å². The minimum absolute atomic E-state index is 0.0154. The summed E-state index contributed by atoms with van der Waals surface area (Å²) < 4.78 is 1.62. The topological polar surface area (TPSA) is 93.2 Å². The lowest BCUT2D eigenvalue weighted by molar-refractivity contribution is -0.684. The molecule has 0 aliphatic heterocycles. The second-order valence-corrected chi connectivity index (χ2v) is 6.26. The van der Waals surface area contributed by atoms with Crippen molar-refractivity contribution in [3.8, 4) is 0 Å². The van der Waals surface area contributed by atoms with Crippen molar-refractivity contribution in [2.75, 3.05) is 5.32 Å². The van der Waals surface area contributed by atoms with Crippen LogP contribution in [-0.2, 0) is 11.3 Å². The van der Waals surface area contributed by atoms with E-state index in [1.165, 1.54) is 6.07 Å². The van der Waals surface area contributed by atoms with Crippen LogP contribution >= 0.6 is 0 Å². The van der Waals surface area contributed by atoms with E-state index in [0.717, 1.165) is 0 Å². The minimum atomic E-state index is -0.484. The Labute approximate surface area is 161 Å². The van der Waals surface area contributed by atoms with Crippen LogP contribution in [0, 0.1) is 17.0 Å². The molecule has 2 aromatic carbocycles. The molecule has 1 aromatic heterocycles. The maximum absolute atomic E-state index is 12.4. The molecule has 7 nitrogen and oxygen atoms in total. The van der Waals surface area contributed by atoms with Gasteiger partial charge in [0.25, 0.3) is 11.6 Å². The predicted molar refractivity (Wildman–Crippen MR) is 103 cm³/mol. The number of anilines is 1. The van der Waals surface area contributed by atoms with E-state index in [2.05, 4.69) is 5.32 Å². The Bertz CT molecular complexity index is 1030. The number of nitrogens with one attached hydrogen (secondary N) is 1. The standard InChI is InChI=1S/C21H17N3O4/c1-15-7-8-18(13-19(15)24(27)28)22-20(25)14-23-11-9-17(10-12-23)21(26)16-5-3-2-4-6-16/h2-13H,14H2,1H3/p+1. The molecule has 1 heterocycles. The smallest absolute Gasteiger partial charge is 0.290 e. The number of hydrogen-bond acceptors (Lipinski definition) is 4. The highest BCUT2D eigenvalue weighted by atomic mass is 16.6. The van der Waals surface area contributed by atoms with Crippen molar-refractivity contribution in [1.29, 1.82) is 0 Å². The fraction of sp³-hybridized carbons (Fsp3) is 0.0952. The van der Waals surface area contributed by atoms with Gasteiger partial charge in [-0.05, 0) is 13.0 Å². The maximum Gasteiger partial charge on any atom is 0.290 e. The average molecular weight is 376 g/mol. The van der Waals surface area contributed by atoms with Gasteiger partial charge in [0.15, 0.2) is 18.2 Å². The van der Waals surface area contributed by atoms with E-state index < -0.39 is 4.92 Å². The summed E-state index contributed by atoms with van der Waals surface area (Å²) in [5.74, 6) is -0.422. The normalized spacial score (nSPS) is 10.3. The molecule has 0 saturated heterocycles. The van der Waals surface area contributed by atoms with Gasteiger partial charge in [0.1, 0.15) is 0 Å². The van der Waals surface area contributed by atoms with Crippen molar-refractivity contribution in [2.24, 2.45) is 0 Å². The molecular weight excluding hydrogens is 358 g/mol. The van der Waals surface area contributed by atoms with Crippen molar-refractivity contribution in [3.63, 3.8) is 0 Å². The number of nitrogens with zero attached hydrogens (tertiary/aromatic N) is 2. The quantitative estimate of drug-likeness (QED) is 0.310. The Morgan fingerprint density at radius 3 is 2.29 bits per heavy atom. The van der Waals surface area contributed by atoms with Crippen LogP contribution in [0.15, 0.2) is 73.1 Å². The van der Waals surface area contributed by atoms with E-state index >= 15 is 0 Å². The number of rotatable bonds is 6. The molecule has 3 aromatic rings. The van der Waals surface area contributed by atoms with Crippen LogP contribution in [0.3, 0.4) is 0 Å². The third-order valence-corrected chi connectivity index (χ3v) is 4.21. The van der Waals surface area contributed by atoms with Gasteiger partial charge in [-0.15, -0.1) is 0 Å². The first kappa shape index (κ1) is 18.9. The van der Waals surface area contributed by atoms with Gasteiger partial charge in [-0.2, -0.15) is 4.57 Å². The number of pyridine rings is 1. The van der Waals surface area contributed by atoms with Gasteiger partial charge in [-0.1, -0.05) is 36.4 Å². The van der Waals surface area contributed by atoms with Crippen molar-refractivity contribution >= 4 is 23.1 Å². The number of aromatic nitrogens is 1.